The van der Waals surface area contributed by atoms with E-state index in [0.29, 0.717) is 0 Å². The molecule has 0 fully saturated rings. The quantitative estimate of drug-likeness (QED) is 0.455. The second kappa shape index (κ2) is 4.31. The molecule has 0 aromatic heterocycles. The van der Waals surface area contributed by atoms with Gasteiger partial charge in [-0.3, -0.25) is 0 Å². The van der Waals surface area contributed by atoms with Gasteiger partial charge in [-0.1, -0.05) is 0 Å². The molecule has 0 aromatic rings. The van der Waals surface area contributed by atoms with Crippen LogP contribution in [0.5, 0.6) is 0 Å². The lowest BCUT2D eigenvalue weighted by molar-refractivity contribution is 0.0732. The molecule has 0 nitrogen and oxygen atoms in total. The zero-order valence-electron chi connectivity index (χ0n) is 5.70. The number of allylic oxidation sites excluding steroid dienone is 2. The van der Waals surface area contributed by atoms with Crippen LogP contribution >= 0.6 is 0 Å². The van der Waals surface area contributed by atoms with E-state index in [1.54, 1.807) is 0 Å². The van der Waals surface area contributed by atoms with Gasteiger partial charge < -0.3 is 0 Å². The molecule has 0 aromatic carbocycles. The summed E-state index contributed by atoms with van der Waals surface area (Å²) < 4.78 is 57.9. The van der Waals surface area contributed by atoms with Crippen molar-refractivity contribution in [1.29, 1.82) is 0 Å². The summed E-state index contributed by atoms with van der Waals surface area (Å²) in [6.07, 6.45) is -8.46. The first-order valence-corrected chi connectivity index (χ1v) is 2.84. The van der Waals surface area contributed by atoms with Crippen molar-refractivity contribution < 1.29 is 22.0 Å². The minimum absolute atomic E-state index is 0.231. The lowest BCUT2D eigenvalue weighted by Gasteiger charge is -2.02. The van der Waals surface area contributed by atoms with Crippen molar-refractivity contribution in [3.63, 3.8) is 0 Å². The Hall–Kier alpha value is -0.610. The van der Waals surface area contributed by atoms with Crippen LogP contribution in [0.3, 0.4) is 0 Å². The Labute approximate surface area is 60.7 Å². The van der Waals surface area contributed by atoms with E-state index in [9.17, 15) is 22.0 Å². The van der Waals surface area contributed by atoms with Crippen LogP contribution in [-0.2, 0) is 0 Å². The van der Waals surface area contributed by atoms with Gasteiger partial charge in [0.05, 0.1) is 0 Å². The molecule has 1 atom stereocenters. The van der Waals surface area contributed by atoms with Gasteiger partial charge in [-0.25, -0.2) is 22.0 Å². The maximum Gasteiger partial charge on any atom is 0.272 e. The third kappa shape index (κ3) is 3.95. The van der Waals surface area contributed by atoms with E-state index >= 15 is 0 Å². The normalized spacial score (nSPS) is 16.2. The van der Waals surface area contributed by atoms with Gasteiger partial charge in [0.2, 0.25) is 0 Å². The van der Waals surface area contributed by atoms with Gasteiger partial charge in [-0.05, 0) is 18.6 Å². The fourth-order valence-corrected chi connectivity index (χ4v) is 0.397. The maximum absolute atomic E-state index is 12.0. The predicted molar refractivity (Wildman–Crippen MR) is 30.7 cm³/mol. The summed E-state index contributed by atoms with van der Waals surface area (Å²) in [6, 6.07) is 0. The van der Waals surface area contributed by atoms with Gasteiger partial charge in [-0.15, -0.1) is 0 Å². The molecule has 0 N–H and O–H groups in total. The van der Waals surface area contributed by atoms with E-state index in [0.717, 1.165) is 6.92 Å². The second-order valence-electron chi connectivity index (χ2n) is 1.99. The molecule has 0 rings (SSSR count). The first-order chi connectivity index (χ1) is 4.95. The molecule has 11 heavy (non-hydrogen) atoms. The summed E-state index contributed by atoms with van der Waals surface area (Å²) >= 11 is 0. The van der Waals surface area contributed by atoms with Gasteiger partial charge in [0.1, 0.15) is 0 Å². The third-order valence-corrected chi connectivity index (χ3v) is 1.01. The summed E-state index contributed by atoms with van der Waals surface area (Å²) in [7, 11) is 0. The molecule has 0 aliphatic rings. The van der Waals surface area contributed by atoms with Crippen molar-refractivity contribution in [3.8, 4) is 0 Å². The van der Waals surface area contributed by atoms with E-state index in [2.05, 4.69) is 0 Å². The minimum Gasteiger partial charge on any atom is -0.237 e. The third-order valence-electron chi connectivity index (χ3n) is 1.01. The molecule has 0 aliphatic carbocycles. The highest BCUT2D eigenvalue weighted by atomic mass is 19.3. The van der Waals surface area contributed by atoms with Gasteiger partial charge in [0.25, 0.3) is 12.9 Å². The standard InChI is InChI=1S/C6H7F5/c1-3(5(8)9)2-4(7)6(10)11/h2,4-6H,1H3. The Kier molecular flexibility index (Phi) is 4.07. The molecule has 0 aliphatic heterocycles. The second-order valence-corrected chi connectivity index (χ2v) is 1.99. The zero-order valence-corrected chi connectivity index (χ0v) is 5.70. The van der Waals surface area contributed by atoms with Crippen LogP contribution in [0.2, 0.25) is 0 Å². The van der Waals surface area contributed by atoms with Crippen molar-refractivity contribution in [2.75, 3.05) is 0 Å². The Morgan fingerprint density at radius 2 is 1.55 bits per heavy atom. The largest absolute Gasteiger partial charge is 0.272 e. The Morgan fingerprint density at radius 1 is 1.09 bits per heavy atom. The monoisotopic (exact) mass is 174 g/mol. The van der Waals surface area contributed by atoms with Crippen molar-refractivity contribution in [1.82, 2.24) is 0 Å². The van der Waals surface area contributed by atoms with Crippen LogP contribution < -0.4 is 0 Å². The lowest BCUT2D eigenvalue weighted by Crippen LogP contribution is -2.10. The highest BCUT2D eigenvalue weighted by molar-refractivity contribution is 5.05. The van der Waals surface area contributed by atoms with Crippen LogP contribution in [0.25, 0.3) is 0 Å². The summed E-state index contributed by atoms with van der Waals surface area (Å²) in [4.78, 5) is 0. The number of alkyl halides is 5. The lowest BCUT2D eigenvalue weighted by atomic mass is 10.2. The first-order valence-electron chi connectivity index (χ1n) is 2.84. The molecular formula is C6H7F5. The van der Waals surface area contributed by atoms with E-state index in [-0.39, 0.29) is 6.08 Å². The molecule has 5 heteroatoms. The summed E-state index contributed by atoms with van der Waals surface area (Å²) in [6.45, 7) is 0.902. The topological polar surface area (TPSA) is 0 Å². The molecule has 0 saturated carbocycles. The van der Waals surface area contributed by atoms with Crippen molar-refractivity contribution in [3.05, 3.63) is 11.6 Å². The number of hydrogen-bond donors (Lipinski definition) is 0. The molecule has 1 unspecified atom stereocenters. The van der Waals surface area contributed by atoms with Crippen molar-refractivity contribution in [2.24, 2.45) is 0 Å². The zero-order chi connectivity index (χ0) is 9.02. The Bertz CT molecular complexity index is 140. The van der Waals surface area contributed by atoms with E-state index in [1.807, 2.05) is 0 Å². The molecule has 0 radical (unpaired) electrons. The minimum atomic E-state index is -3.23. The SMILES string of the molecule is CC(=CC(F)C(F)F)C(F)F. The maximum atomic E-state index is 12.0. The molecule has 0 spiro atoms. The summed E-state index contributed by atoms with van der Waals surface area (Å²) in [5.74, 6) is 0. The van der Waals surface area contributed by atoms with Gasteiger partial charge in [-0.2, -0.15) is 0 Å². The smallest absolute Gasteiger partial charge is 0.237 e. The summed E-state index contributed by atoms with van der Waals surface area (Å²) in [5.41, 5.74) is -0.669. The number of rotatable bonds is 3. The first kappa shape index (κ1) is 10.4. The molecule has 66 valence electrons. The number of hydrogen-bond acceptors (Lipinski definition) is 0. The average Bonchev–Trinajstić information content (AvgIpc) is 1.87. The highest BCUT2D eigenvalue weighted by Crippen LogP contribution is 2.13. The molecule has 0 amide bonds. The van der Waals surface area contributed by atoms with Crippen LogP contribution in [0, 0.1) is 0 Å². The predicted octanol–water partition coefficient (Wildman–Crippen LogP) is 2.80. The fraction of sp³-hybridized carbons (Fsp3) is 0.667. The van der Waals surface area contributed by atoms with Gasteiger partial charge in [0, 0.05) is 0 Å². The van der Waals surface area contributed by atoms with Crippen LogP contribution in [-0.4, -0.2) is 19.0 Å². The Balaban J connectivity index is 4.07. The molecular weight excluding hydrogens is 167 g/mol. The molecule has 0 bridgehead atoms. The van der Waals surface area contributed by atoms with Gasteiger partial charge >= 0.3 is 0 Å². The Morgan fingerprint density at radius 3 is 1.82 bits per heavy atom. The molecule has 0 saturated heterocycles. The van der Waals surface area contributed by atoms with E-state index in [4.69, 9.17) is 0 Å². The average molecular weight is 174 g/mol. The van der Waals surface area contributed by atoms with E-state index < -0.39 is 24.6 Å². The van der Waals surface area contributed by atoms with Crippen molar-refractivity contribution >= 4 is 0 Å². The van der Waals surface area contributed by atoms with Crippen LogP contribution in [0.1, 0.15) is 6.92 Å². The van der Waals surface area contributed by atoms with Crippen molar-refractivity contribution in [2.45, 2.75) is 25.9 Å². The van der Waals surface area contributed by atoms with E-state index in [1.165, 1.54) is 0 Å². The van der Waals surface area contributed by atoms with Crippen LogP contribution in [0.15, 0.2) is 11.6 Å². The highest BCUT2D eigenvalue weighted by Gasteiger charge is 2.18. The molecule has 0 heterocycles. The van der Waals surface area contributed by atoms with Crippen LogP contribution in [0.4, 0.5) is 22.0 Å². The van der Waals surface area contributed by atoms with Gasteiger partial charge in [0.15, 0.2) is 6.17 Å². The summed E-state index contributed by atoms with van der Waals surface area (Å²) in [5, 5.41) is 0. The fourth-order valence-electron chi connectivity index (χ4n) is 0.397. The number of halogens is 5.